The van der Waals surface area contributed by atoms with E-state index in [9.17, 15) is 0 Å². The van der Waals surface area contributed by atoms with E-state index in [-0.39, 0.29) is 0 Å². The van der Waals surface area contributed by atoms with Gasteiger partial charge < -0.3 is 15.5 Å². The van der Waals surface area contributed by atoms with Crippen LogP contribution in [0.2, 0.25) is 0 Å². The Morgan fingerprint density at radius 3 is 2.92 bits per heavy atom. The second-order valence-electron chi connectivity index (χ2n) is 5.93. The van der Waals surface area contributed by atoms with Crippen molar-refractivity contribution >= 4 is 21.9 Å². The summed E-state index contributed by atoms with van der Waals surface area (Å²) in [6, 6.07) is 7.48. The first-order valence-electron chi connectivity index (χ1n) is 8.20. The van der Waals surface area contributed by atoms with Crippen LogP contribution >= 0.6 is 0 Å². The Labute approximate surface area is 140 Å². The topological polar surface area (TPSA) is 101 Å². The monoisotopic (exact) mass is 323 g/mol. The van der Waals surface area contributed by atoms with E-state index in [1.807, 2.05) is 6.07 Å². The van der Waals surface area contributed by atoms with Crippen molar-refractivity contribution in [3.8, 4) is 6.07 Å². The Balaban J connectivity index is 0.000000203. The lowest BCUT2D eigenvalue weighted by molar-refractivity contribution is 0.0285. The number of nitrogens with two attached hydrogens (primary N) is 1. The normalized spacial score (nSPS) is 17.3. The van der Waals surface area contributed by atoms with E-state index < -0.39 is 0 Å². The molecule has 3 N–H and O–H groups in total. The van der Waals surface area contributed by atoms with E-state index in [2.05, 4.69) is 27.9 Å². The lowest BCUT2D eigenvalue weighted by Gasteiger charge is -2.17. The zero-order valence-electron chi connectivity index (χ0n) is 13.7. The molecule has 0 aliphatic carbocycles. The van der Waals surface area contributed by atoms with Gasteiger partial charge in [0.15, 0.2) is 0 Å². The SMILES string of the molecule is C[C@@H]1CCCCO1.N#Cc1ccc2ncc3[nH]c(CN)nc3c2c1. The lowest BCUT2D eigenvalue weighted by Crippen LogP contribution is -2.14. The lowest BCUT2D eigenvalue weighted by atomic mass is 10.1. The zero-order chi connectivity index (χ0) is 16.9. The highest BCUT2D eigenvalue weighted by Crippen LogP contribution is 2.22. The van der Waals surface area contributed by atoms with E-state index in [4.69, 9.17) is 15.7 Å². The second-order valence-corrected chi connectivity index (χ2v) is 5.93. The fraction of sp³-hybridized carbons (Fsp3) is 0.389. The number of aromatic nitrogens is 3. The van der Waals surface area contributed by atoms with Gasteiger partial charge in [-0.1, -0.05) is 0 Å². The molecule has 0 radical (unpaired) electrons. The molecule has 1 aliphatic rings. The van der Waals surface area contributed by atoms with Crippen molar-refractivity contribution in [3.63, 3.8) is 0 Å². The number of benzene rings is 1. The summed E-state index contributed by atoms with van der Waals surface area (Å²) < 4.78 is 5.28. The highest BCUT2D eigenvalue weighted by molar-refractivity contribution is 6.02. The number of fused-ring (bicyclic) bond motifs is 3. The van der Waals surface area contributed by atoms with Crippen molar-refractivity contribution in [3.05, 3.63) is 35.8 Å². The summed E-state index contributed by atoms with van der Waals surface area (Å²) in [5, 5.41) is 9.77. The molecule has 1 aromatic carbocycles. The first kappa shape index (κ1) is 16.4. The van der Waals surface area contributed by atoms with Gasteiger partial charge in [0.25, 0.3) is 0 Å². The Morgan fingerprint density at radius 2 is 2.29 bits per heavy atom. The third-order valence-corrected chi connectivity index (χ3v) is 4.10. The van der Waals surface area contributed by atoms with Crippen LogP contribution in [0.15, 0.2) is 24.4 Å². The molecule has 24 heavy (non-hydrogen) atoms. The molecule has 124 valence electrons. The molecule has 0 amide bonds. The molecule has 1 atom stereocenters. The van der Waals surface area contributed by atoms with Crippen LogP contribution in [0.1, 0.15) is 37.6 Å². The van der Waals surface area contributed by atoms with Gasteiger partial charge in [-0.25, -0.2) is 4.98 Å². The quantitative estimate of drug-likeness (QED) is 0.717. The van der Waals surface area contributed by atoms with Crippen LogP contribution in [0.4, 0.5) is 0 Å². The van der Waals surface area contributed by atoms with Gasteiger partial charge in [0.1, 0.15) is 5.82 Å². The summed E-state index contributed by atoms with van der Waals surface area (Å²) >= 11 is 0. The third-order valence-electron chi connectivity index (χ3n) is 4.10. The molecule has 2 aromatic heterocycles. The molecular weight excluding hydrogens is 302 g/mol. The number of pyridine rings is 1. The number of nitrogens with zero attached hydrogens (tertiary/aromatic N) is 3. The number of hydrogen-bond acceptors (Lipinski definition) is 5. The van der Waals surface area contributed by atoms with Gasteiger partial charge in [0, 0.05) is 12.0 Å². The third kappa shape index (κ3) is 3.53. The van der Waals surface area contributed by atoms with E-state index in [0.717, 1.165) is 34.4 Å². The van der Waals surface area contributed by atoms with E-state index in [1.54, 1.807) is 18.3 Å². The minimum Gasteiger partial charge on any atom is -0.379 e. The van der Waals surface area contributed by atoms with E-state index >= 15 is 0 Å². The van der Waals surface area contributed by atoms with Gasteiger partial charge in [-0.2, -0.15) is 5.26 Å². The standard InChI is InChI=1S/C12H9N5.C6H12O/c13-4-7-1-2-9-8(3-7)12-10(6-15-9)16-11(5-14)17-12;1-6-4-2-3-5-7-6/h1-3,6H,5,14H2,(H,16,17);6H,2-5H2,1H3/t;6-/m.1/s1. The zero-order valence-corrected chi connectivity index (χ0v) is 13.7. The van der Waals surface area contributed by atoms with Gasteiger partial charge in [0.05, 0.1) is 47.0 Å². The predicted molar refractivity (Wildman–Crippen MR) is 93.3 cm³/mol. The molecule has 1 saturated heterocycles. The maximum atomic E-state index is 8.90. The summed E-state index contributed by atoms with van der Waals surface area (Å²) in [5.41, 5.74) is 8.63. The fourth-order valence-electron chi connectivity index (χ4n) is 2.78. The average molecular weight is 323 g/mol. The Kier molecular flexibility index (Phi) is 5.04. The summed E-state index contributed by atoms with van der Waals surface area (Å²) in [6.45, 7) is 3.48. The maximum Gasteiger partial charge on any atom is 0.121 e. The van der Waals surface area contributed by atoms with Crippen LogP contribution in [0.3, 0.4) is 0 Å². The minimum absolute atomic E-state index is 0.355. The van der Waals surface area contributed by atoms with Crippen molar-refractivity contribution in [1.29, 1.82) is 5.26 Å². The maximum absolute atomic E-state index is 8.90. The molecule has 0 bridgehead atoms. The van der Waals surface area contributed by atoms with E-state index in [1.165, 1.54) is 19.3 Å². The number of aromatic amines is 1. The van der Waals surface area contributed by atoms with Gasteiger partial charge in [0.2, 0.25) is 0 Å². The number of nitrogens with one attached hydrogen (secondary N) is 1. The molecule has 3 heterocycles. The van der Waals surface area contributed by atoms with Gasteiger partial charge in [-0.05, 0) is 44.4 Å². The second kappa shape index (κ2) is 7.39. The molecule has 3 aromatic rings. The molecule has 6 nitrogen and oxygen atoms in total. The van der Waals surface area contributed by atoms with Crippen LogP contribution in [0.5, 0.6) is 0 Å². The first-order valence-corrected chi connectivity index (χ1v) is 8.20. The van der Waals surface area contributed by atoms with Crippen molar-refractivity contribution in [2.24, 2.45) is 5.73 Å². The summed E-state index contributed by atoms with van der Waals surface area (Å²) in [7, 11) is 0. The van der Waals surface area contributed by atoms with Crippen LogP contribution in [0.25, 0.3) is 21.9 Å². The van der Waals surface area contributed by atoms with Crippen molar-refractivity contribution in [2.75, 3.05) is 6.61 Å². The van der Waals surface area contributed by atoms with Crippen LogP contribution in [0, 0.1) is 11.3 Å². The number of ether oxygens (including phenoxy) is 1. The predicted octanol–water partition coefficient (Wildman–Crippen LogP) is 3.02. The average Bonchev–Trinajstić information content (AvgIpc) is 3.06. The Hall–Kier alpha value is -2.49. The number of rotatable bonds is 1. The molecule has 4 rings (SSSR count). The Bertz CT molecular complexity index is 874. The van der Waals surface area contributed by atoms with Gasteiger partial charge in [-0.3, -0.25) is 4.98 Å². The number of H-pyrrole nitrogens is 1. The summed E-state index contributed by atoms with van der Waals surface area (Å²) in [4.78, 5) is 11.8. The highest BCUT2D eigenvalue weighted by Gasteiger charge is 2.07. The fourth-order valence-corrected chi connectivity index (χ4v) is 2.78. The van der Waals surface area contributed by atoms with Gasteiger partial charge >= 0.3 is 0 Å². The summed E-state index contributed by atoms with van der Waals surface area (Å²) in [5.74, 6) is 0.719. The molecule has 1 fully saturated rings. The highest BCUT2D eigenvalue weighted by atomic mass is 16.5. The number of nitriles is 1. The van der Waals surface area contributed by atoms with Crippen LogP contribution in [-0.2, 0) is 11.3 Å². The van der Waals surface area contributed by atoms with Crippen molar-refractivity contribution in [2.45, 2.75) is 38.8 Å². The van der Waals surface area contributed by atoms with Gasteiger partial charge in [-0.15, -0.1) is 0 Å². The molecule has 0 unspecified atom stereocenters. The largest absolute Gasteiger partial charge is 0.379 e. The Morgan fingerprint density at radius 1 is 1.42 bits per heavy atom. The van der Waals surface area contributed by atoms with Crippen LogP contribution < -0.4 is 5.73 Å². The minimum atomic E-state index is 0.355. The molecule has 6 heteroatoms. The first-order chi connectivity index (χ1) is 11.7. The van der Waals surface area contributed by atoms with Crippen molar-refractivity contribution < 1.29 is 4.74 Å². The molecular formula is C18H21N5O. The van der Waals surface area contributed by atoms with E-state index in [0.29, 0.717) is 18.2 Å². The summed E-state index contributed by atoms with van der Waals surface area (Å²) in [6.07, 6.45) is 6.16. The number of imidazole rings is 1. The molecule has 0 saturated carbocycles. The van der Waals surface area contributed by atoms with Crippen LogP contribution in [-0.4, -0.2) is 27.7 Å². The molecule has 0 spiro atoms. The molecule has 1 aliphatic heterocycles. The number of hydrogen-bond donors (Lipinski definition) is 2. The van der Waals surface area contributed by atoms with Crippen molar-refractivity contribution in [1.82, 2.24) is 15.0 Å². The smallest absolute Gasteiger partial charge is 0.121 e.